The third-order valence-corrected chi connectivity index (χ3v) is 7.15. The van der Waals surface area contributed by atoms with E-state index in [1.54, 1.807) is 13.8 Å². The first-order valence-electron chi connectivity index (χ1n) is 10.8. The average molecular weight is 473 g/mol. The Morgan fingerprint density at radius 1 is 1.12 bits per heavy atom. The maximum Gasteiger partial charge on any atom is 0.348 e. The number of benzene rings is 1. The number of hydrogen-bond acceptors (Lipinski definition) is 6. The molecule has 1 aromatic carbocycles. The molecule has 9 heteroatoms. The highest BCUT2D eigenvalue weighted by Crippen LogP contribution is 2.29. The summed E-state index contributed by atoms with van der Waals surface area (Å²) in [5.41, 5.74) is -0.618. The first kappa shape index (κ1) is 24.4. The molecule has 0 bridgehead atoms. The molecule has 8 nitrogen and oxygen atoms in total. The number of carbonyl (C=O) groups excluding carboxylic acids is 1. The van der Waals surface area contributed by atoms with E-state index in [4.69, 9.17) is 4.74 Å². The predicted molar refractivity (Wildman–Crippen MR) is 128 cm³/mol. The minimum atomic E-state index is -1.77. The lowest BCUT2D eigenvalue weighted by Gasteiger charge is -2.23. The molecule has 0 unspecified atom stereocenters. The summed E-state index contributed by atoms with van der Waals surface area (Å²) >= 11 is 1.03. The smallest absolute Gasteiger partial charge is 0.348 e. The Morgan fingerprint density at radius 3 is 2.33 bits per heavy atom. The Morgan fingerprint density at radius 2 is 1.76 bits per heavy atom. The summed E-state index contributed by atoms with van der Waals surface area (Å²) in [6.07, 6.45) is 1.34. The molecule has 0 radical (unpaired) electrons. The molecule has 1 N–H and O–H groups in total. The number of carboxylic acids is 1. The molecule has 0 atom stereocenters. The number of aliphatic carboxylic acids is 1. The molecule has 2 heterocycles. The number of rotatable bonds is 8. The van der Waals surface area contributed by atoms with Crippen molar-refractivity contribution in [1.82, 2.24) is 9.13 Å². The number of fused-ring (bicyclic) bond motifs is 1. The van der Waals surface area contributed by atoms with Crippen LogP contribution in [-0.4, -0.2) is 32.8 Å². The number of carbonyl (C=O) groups is 2. The Kier molecular flexibility index (Phi) is 6.92. The zero-order valence-corrected chi connectivity index (χ0v) is 20.2. The van der Waals surface area contributed by atoms with Crippen LogP contribution in [0.3, 0.4) is 0 Å². The van der Waals surface area contributed by atoms with Crippen LogP contribution >= 0.6 is 11.3 Å². The van der Waals surface area contributed by atoms with Crippen molar-refractivity contribution in [3.05, 3.63) is 66.7 Å². The Labute approximate surface area is 195 Å². The van der Waals surface area contributed by atoms with Gasteiger partial charge in [0.25, 0.3) is 5.56 Å². The Bertz CT molecular complexity index is 1350. The van der Waals surface area contributed by atoms with Crippen molar-refractivity contribution >= 4 is 33.5 Å². The van der Waals surface area contributed by atoms with E-state index in [9.17, 15) is 24.3 Å². The minimum Gasteiger partial charge on any atom is -0.480 e. The van der Waals surface area contributed by atoms with Gasteiger partial charge >= 0.3 is 17.6 Å². The summed E-state index contributed by atoms with van der Waals surface area (Å²) in [5.74, 6) is -1.88. The zero-order chi connectivity index (χ0) is 24.5. The van der Waals surface area contributed by atoms with Crippen molar-refractivity contribution in [3.63, 3.8) is 0 Å². The molecule has 0 aliphatic rings. The standard InChI is InChI=1S/C24H28N2O6S/c1-6-15-10-8-9-11-16(15)12-13-25-20-17(14(3)18(33-20)21(28)32-7-2)19(27)26(23(25)31)24(4,5)22(29)30/h8-11H,6-7,12-13H2,1-5H3,(H,29,30). The zero-order valence-electron chi connectivity index (χ0n) is 19.4. The normalized spacial score (nSPS) is 11.7. The van der Waals surface area contributed by atoms with Crippen LogP contribution in [0.2, 0.25) is 0 Å². The lowest BCUT2D eigenvalue weighted by molar-refractivity contribution is -0.146. The van der Waals surface area contributed by atoms with Crippen molar-refractivity contribution in [1.29, 1.82) is 0 Å². The first-order chi connectivity index (χ1) is 15.6. The molecule has 0 aliphatic heterocycles. The summed E-state index contributed by atoms with van der Waals surface area (Å²) < 4.78 is 7.31. The molecule has 0 saturated carbocycles. The van der Waals surface area contributed by atoms with E-state index >= 15 is 0 Å². The van der Waals surface area contributed by atoms with Gasteiger partial charge in [-0.3, -0.25) is 9.36 Å². The number of aromatic nitrogens is 2. The van der Waals surface area contributed by atoms with Crippen LogP contribution in [-0.2, 0) is 34.5 Å². The molecular weight excluding hydrogens is 444 g/mol. The van der Waals surface area contributed by atoms with E-state index in [1.165, 1.54) is 18.4 Å². The fourth-order valence-corrected chi connectivity index (χ4v) is 5.11. The van der Waals surface area contributed by atoms with Gasteiger partial charge in [-0.2, -0.15) is 0 Å². The summed E-state index contributed by atoms with van der Waals surface area (Å²) in [4.78, 5) is 51.9. The third-order valence-electron chi connectivity index (χ3n) is 5.86. The van der Waals surface area contributed by atoms with Gasteiger partial charge in [0.15, 0.2) is 0 Å². The van der Waals surface area contributed by atoms with Crippen molar-refractivity contribution in [2.45, 2.75) is 59.5 Å². The number of thiophene rings is 1. The molecule has 0 saturated heterocycles. The number of ether oxygens (including phenoxy) is 1. The number of nitrogens with zero attached hydrogens (tertiary/aromatic N) is 2. The maximum absolute atomic E-state index is 13.5. The van der Waals surface area contributed by atoms with Gasteiger partial charge in [0.05, 0.1) is 12.0 Å². The fraction of sp³-hybridized carbons (Fsp3) is 0.417. The molecular formula is C24H28N2O6S. The minimum absolute atomic E-state index is 0.167. The monoisotopic (exact) mass is 472 g/mol. The van der Waals surface area contributed by atoms with Crippen LogP contribution in [0.1, 0.15) is 54.1 Å². The maximum atomic E-state index is 13.5. The van der Waals surface area contributed by atoms with Crippen LogP contribution in [0.4, 0.5) is 0 Å². The quantitative estimate of drug-likeness (QED) is 0.504. The molecule has 3 rings (SSSR count). The lowest BCUT2D eigenvalue weighted by atomic mass is 10.0. The lowest BCUT2D eigenvalue weighted by Crippen LogP contribution is -2.52. The number of aryl methyl sites for hydroxylation is 4. The number of carboxylic acid groups (broad SMARTS) is 1. The molecule has 0 fully saturated rings. The number of esters is 1. The van der Waals surface area contributed by atoms with Gasteiger partial charge in [-0.05, 0) is 57.2 Å². The van der Waals surface area contributed by atoms with Crippen molar-refractivity contribution < 1.29 is 19.4 Å². The third kappa shape index (κ3) is 4.25. The van der Waals surface area contributed by atoms with Gasteiger partial charge in [0.2, 0.25) is 0 Å². The fourth-order valence-electron chi connectivity index (χ4n) is 3.90. The first-order valence-corrected chi connectivity index (χ1v) is 11.6. The van der Waals surface area contributed by atoms with Gasteiger partial charge in [-0.25, -0.2) is 19.0 Å². The average Bonchev–Trinajstić information content (AvgIpc) is 3.11. The van der Waals surface area contributed by atoms with Crippen LogP contribution in [0.5, 0.6) is 0 Å². The highest BCUT2D eigenvalue weighted by atomic mass is 32.1. The summed E-state index contributed by atoms with van der Waals surface area (Å²) in [5, 5.41) is 9.90. The van der Waals surface area contributed by atoms with E-state index in [1.807, 2.05) is 31.2 Å². The van der Waals surface area contributed by atoms with E-state index in [-0.39, 0.29) is 23.4 Å². The van der Waals surface area contributed by atoms with Gasteiger partial charge < -0.3 is 9.84 Å². The Balaban J connectivity index is 2.31. The van der Waals surface area contributed by atoms with Gasteiger partial charge in [-0.15, -0.1) is 11.3 Å². The van der Waals surface area contributed by atoms with E-state index in [0.29, 0.717) is 16.8 Å². The van der Waals surface area contributed by atoms with Crippen LogP contribution in [0, 0.1) is 6.92 Å². The second kappa shape index (κ2) is 9.35. The molecule has 3 aromatic rings. The van der Waals surface area contributed by atoms with Crippen molar-refractivity contribution in [3.8, 4) is 0 Å². The van der Waals surface area contributed by atoms with Crippen molar-refractivity contribution in [2.75, 3.05) is 6.61 Å². The molecule has 0 spiro atoms. The van der Waals surface area contributed by atoms with E-state index in [2.05, 4.69) is 0 Å². The molecule has 0 amide bonds. The summed E-state index contributed by atoms with van der Waals surface area (Å²) in [6.45, 7) is 8.38. The predicted octanol–water partition coefficient (Wildman–Crippen LogP) is 3.33. The number of hydrogen-bond donors (Lipinski definition) is 1. The molecule has 33 heavy (non-hydrogen) atoms. The second-order valence-electron chi connectivity index (χ2n) is 8.27. The molecule has 176 valence electrons. The van der Waals surface area contributed by atoms with Crippen LogP contribution in [0.25, 0.3) is 10.2 Å². The Hall–Kier alpha value is -3.20. The van der Waals surface area contributed by atoms with Gasteiger partial charge in [-0.1, -0.05) is 31.2 Å². The molecule has 2 aromatic heterocycles. The second-order valence-corrected chi connectivity index (χ2v) is 9.27. The van der Waals surface area contributed by atoms with Crippen LogP contribution < -0.4 is 11.2 Å². The van der Waals surface area contributed by atoms with E-state index in [0.717, 1.165) is 33.5 Å². The van der Waals surface area contributed by atoms with Crippen molar-refractivity contribution in [2.24, 2.45) is 0 Å². The highest BCUT2D eigenvalue weighted by molar-refractivity contribution is 7.20. The topological polar surface area (TPSA) is 108 Å². The molecule has 0 aliphatic carbocycles. The highest BCUT2D eigenvalue weighted by Gasteiger charge is 2.35. The summed E-state index contributed by atoms with van der Waals surface area (Å²) in [7, 11) is 0. The van der Waals surface area contributed by atoms with Crippen LogP contribution in [0.15, 0.2) is 33.9 Å². The van der Waals surface area contributed by atoms with Gasteiger partial charge in [0, 0.05) is 6.54 Å². The summed E-state index contributed by atoms with van der Waals surface area (Å²) in [6, 6.07) is 7.89. The van der Waals surface area contributed by atoms with Gasteiger partial charge in [0.1, 0.15) is 15.2 Å². The largest absolute Gasteiger partial charge is 0.480 e. The van der Waals surface area contributed by atoms with E-state index < -0.39 is 28.7 Å². The SMILES string of the molecule is CCOC(=O)c1sc2c(c1C)c(=O)n(C(C)(C)C(=O)O)c(=O)n2CCc1ccccc1CC.